The van der Waals surface area contributed by atoms with Gasteiger partial charge in [-0.25, -0.2) is 0 Å². The van der Waals surface area contributed by atoms with Crippen LogP contribution >= 0.6 is 23.2 Å². The number of halogens is 4. The molecule has 0 radical (unpaired) electrons. The molecule has 0 aliphatic heterocycles. The summed E-state index contributed by atoms with van der Waals surface area (Å²) in [5, 5.41) is 3.13. The fraction of sp³-hybridized carbons (Fsp3) is 0.176. The summed E-state index contributed by atoms with van der Waals surface area (Å²) in [6.45, 7) is -3.48. The number of carbonyl (C=O) groups is 2. The van der Waals surface area contributed by atoms with E-state index in [1.807, 2.05) is 0 Å². The van der Waals surface area contributed by atoms with Crippen LogP contribution in [0.5, 0.6) is 5.75 Å². The molecule has 0 bridgehead atoms. The van der Waals surface area contributed by atoms with Gasteiger partial charge in [0.1, 0.15) is 18.9 Å². The lowest BCUT2D eigenvalue weighted by atomic mass is 10.2. The molecule has 0 aliphatic carbocycles. The van der Waals surface area contributed by atoms with Gasteiger partial charge in [0.05, 0.1) is 0 Å². The van der Waals surface area contributed by atoms with E-state index < -0.39 is 25.0 Å². The van der Waals surface area contributed by atoms with Crippen molar-refractivity contribution in [2.24, 2.45) is 0 Å². The fourth-order valence-electron chi connectivity index (χ4n) is 1.92. The Labute approximate surface area is 157 Å². The third-order valence-corrected chi connectivity index (χ3v) is 3.71. The van der Waals surface area contributed by atoms with Crippen LogP contribution in [0.2, 0.25) is 10.0 Å². The summed E-state index contributed by atoms with van der Waals surface area (Å²) in [7, 11) is 0. The Balaban J connectivity index is 1.84. The number of benzene rings is 2. The van der Waals surface area contributed by atoms with Crippen LogP contribution < -0.4 is 10.1 Å². The van der Waals surface area contributed by atoms with E-state index in [1.165, 1.54) is 24.3 Å². The number of esters is 1. The van der Waals surface area contributed by atoms with Gasteiger partial charge in [-0.15, -0.1) is 0 Å². The molecule has 0 saturated carbocycles. The van der Waals surface area contributed by atoms with Crippen LogP contribution in [0, 0.1) is 0 Å². The smallest absolute Gasteiger partial charge is 0.387 e. The van der Waals surface area contributed by atoms with Crippen molar-refractivity contribution in [3.05, 3.63) is 63.6 Å². The van der Waals surface area contributed by atoms with Gasteiger partial charge in [-0.2, -0.15) is 8.78 Å². The van der Waals surface area contributed by atoms with Gasteiger partial charge in [-0.3, -0.25) is 9.59 Å². The lowest BCUT2D eigenvalue weighted by molar-refractivity contribution is -0.143. The van der Waals surface area contributed by atoms with Crippen LogP contribution in [0.3, 0.4) is 0 Å². The second-order valence-electron chi connectivity index (χ2n) is 4.99. The maximum Gasteiger partial charge on any atom is 0.387 e. The minimum atomic E-state index is -3.00. The molecule has 1 amide bonds. The molecule has 0 aromatic heterocycles. The van der Waals surface area contributed by atoms with Crippen molar-refractivity contribution in [1.82, 2.24) is 5.32 Å². The van der Waals surface area contributed by atoms with Gasteiger partial charge in [0.2, 0.25) is 0 Å². The predicted octanol–water partition coefficient (Wildman–Crippen LogP) is 4.07. The van der Waals surface area contributed by atoms with Crippen molar-refractivity contribution in [3.8, 4) is 5.75 Å². The molecule has 0 aliphatic rings. The molecule has 2 aromatic carbocycles. The number of hydrogen-bond donors (Lipinski definition) is 1. The summed E-state index contributed by atoms with van der Waals surface area (Å²) < 4.78 is 33.6. The highest BCUT2D eigenvalue weighted by Gasteiger charge is 2.12. The number of hydrogen-bond acceptors (Lipinski definition) is 4. The van der Waals surface area contributed by atoms with E-state index in [1.54, 1.807) is 12.1 Å². The van der Waals surface area contributed by atoms with Crippen LogP contribution in [0.1, 0.15) is 15.9 Å². The Bertz CT molecular complexity index is 802. The first-order valence-electron chi connectivity index (χ1n) is 7.28. The summed E-state index contributed by atoms with van der Waals surface area (Å²) in [6.07, 6.45) is 0. The zero-order valence-electron chi connectivity index (χ0n) is 13.2. The lowest BCUT2D eigenvalue weighted by Gasteiger charge is -2.09. The average molecular weight is 404 g/mol. The molecule has 0 unspecified atom stereocenters. The molecular formula is C17H13Cl2F2NO4. The number of ether oxygens (including phenoxy) is 2. The third-order valence-electron chi connectivity index (χ3n) is 3.12. The van der Waals surface area contributed by atoms with Gasteiger partial charge >= 0.3 is 12.6 Å². The Morgan fingerprint density at radius 3 is 2.58 bits per heavy atom. The van der Waals surface area contributed by atoms with E-state index in [2.05, 4.69) is 10.1 Å². The normalized spacial score (nSPS) is 10.5. The topological polar surface area (TPSA) is 64.6 Å². The highest BCUT2D eigenvalue weighted by atomic mass is 35.5. The molecule has 26 heavy (non-hydrogen) atoms. The van der Waals surface area contributed by atoms with Crippen molar-refractivity contribution in [1.29, 1.82) is 0 Å². The van der Waals surface area contributed by atoms with E-state index in [0.717, 1.165) is 6.07 Å². The maximum atomic E-state index is 12.2. The molecule has 0 atom stereocenters. The van der Waals surface area contributed by atoms with Crippen molar-refractivity contribution in [3.63, 3.8) is 0 Å². The Hall–Kier alpha value is -2.38. The van der Waals surface area contributed by atoms with Crippen LogP contribution in [0.4, 0.5) is 8.78 Å². The van der Waals surface area contributed by atoms with E-state index in [-0.39, 0.29) is 17.9 Å². The molecule has 0 fully saturated rings. The molecule has 2 aromatic rings. The molecule has 1 N–H and O–H groups in total. The summed E-state index contributed by atoms with van der Waals surface area (Å²) in [6, 6.07) is 9.94. The average Bonchev–Trinajstić information content (AvgIpc) is 2.58. The first-order chi connectivity index (χ1) is 12.3. The van der Waals surface area contributed by atoms with Gasteiger partial charge in [-0.1, -0.05) is 35.3 Å². The van der Waals surface area contributed by atoms with Gasteiger partial charge in [-0.05, 0) is 30.3 Å². The van der Waals surface area contributed by atoms with Crippen LogP contribution in [0.25, 0.3) is 0 Å². The van der Waals surface area contributed by atoms with E-state index in [4.69, 9.17) is 27.9 Å². The first-order valence-corrected chi connectivity index (χ1v) is 8.03. The molecule has 0 saturated heterocycles. The Morgan fingerprint density at radius 1 is 1.12 bits per heavy atom. The Kier molecular flexibility index (Phi) is 7.17. The second kappa shape index (κ2) is 9.35. The monoisotopic (exact) mass is 403 g/mol. The van der Waals surface area contributed by atoms with Crippen molar-refractivity contribution in [2.75, 3.05) is 6.54 Å². The third kappa shape index (κ3) is 6.16. The van der Waals surface area contributed by atoms with Crippen molar-refractivity contribution >= 4 is 35.1 Å². The molecule has 9 heteroatoms. The molecule has 138 valence electrons. The maximum absolute atomic E-state index is 12.2. The minimum absolute atomic E-state index is 0.0664. The van der Waals surface area contributed by atoms with Crippen LogP contribution in [-0.4, -0.2) is 25.0 Å². The molecule has 0 spiro atoms. The second-order valence-corrected chi connectivity index (χ2v) is 5.83. The van der Waals surface area contributed by atoms with E-state index in [0.29, 0.717) is 15.6 Å². The summed E-state index contributed by atoms with van der Waals surface area (Å²) in [4.78, 5) is 23.7. The number of nitrogens with one attached hydrogen (secondary N) is 1. The molecular weight excluding hydrogens is 391 g/mol. The zero-order valence-corrected chi connectivity index (χ0v) is 14.7. The Morgan fingerprint density at radius 2 is 1.88 bits per heavy atom. The summed E-state index contributed by atoms with van der Waals surface area (Å²) >= 11 is 11.7. The summed E-state index contributed by atoms with van der Waals surface area (Å²) in [5.74, 6) is -1.48. The number of amides is 1. The van der Waals surface area contributed by atoms with E-state index >= 15 is 0 Å². The quantitative estimate of drug-likeness (QED) is 0.707. The predicted molar refractivity (Wildman–Crippen MR) is 91.7 cm³/mol. The lowest BCUT2D eigenvalue weighted by Crippen LogP contribution is -2.30. The van der Waals surface area contributed by atoms with Crippen LogP contribution in [0.15, 0.2) is 42.5 Å². The molecule has 5 nitrogen and oxygen atoms in total. The number of rotatable bonds is 7. The van der Waals surface area contributed by atoms with Crippen LogP contribution in [-0.2, 0) is 16.1 Å². The minimum Gasteiger partial charge on any atom is -0.459 e. The SMILES string of the molecule is O=C(CNC(=O)c1cccc(OC(F)F)c1)OCc1ccc(Cl)cc1Cl. The fourth-order valence-corrected chi connectivity index (χ4v) is 2.38. The van der Waals surface area contributed by atoms with Crippen molar-refractivity contribution in [2.45, 2.75) is 13.2 Å². The van der Waals surface area contributed by atoms with Gasteiger partial charge < -0.3 is 14.8 Å². The van der Waals surface area contributed by atoms with E-state index in [9.17, 15) is 18.4 Å². The zero-order chi connectivity index (χ0) is 19.1. The number of alkyl halides is 2. The standard InChI is InChI=1S/C17H13Cl2F2NO4/c18-12-5-4-11(14(19)7-12)9-25-15(23)8-22-16(24)10-2-1-3-13(6-10)26-17(20)21/h1-7,17H,8-9H2,(H,22,24). The number of carbonyl (C=O) groups excluding carboxylic acids is 2. The first kappa shape index (κ1) is 19.9. The van der Waals surface area contributed by atoms with Gasteiger partial charge in [0, 0.05) is 21.2 Å². The summed E-state index contributed by atoms with van der Waals surface area (Å²) in [5.41, 5.74) is 0.629. The highest BCUT2D eigenvalue weighted by Crippen LogP contribution is 2.21. The van der Waals surface area contributed by atoms with Gasteiger partial charge in [0.25, 0.3) is 5.91 Å². The van der Waals surface area contributed by atoms with Crippen molar-refractivity contribution < 1.29 is 27.8 Å². The highest BCUT2D eigenvalue weighted by molar-refractivity contribution is 6.35. The molecule has 2 rings (SSSR count). The van der Waals surface area contributed by atoms with Gasteiger partial charge in [0.15, 0.2) is 0 Å². The largest absolute Gasteiger partial charge is 0.459 e. The molecule has 0 heterocycles.